The molecule has 0 aromatic heterocycles. The summed E-state index contributed by atoms with van der Waals surface area (Å²) in [5.41, 5.74) is 5.82. The van der Waals surface area contributed by atoms with Crippen LogP contribution in [0.2, 0.25) is 0 Å². The maximum Gasteiger partial charge on any atom is 0.222 e. The van der Waals surface area contributed by atoms with E-state index in [-0.39, 0.29) is 9.92 Å². The predicted molar refractivity (Wildman–Crippen MR) is 60.3 cm³/mol. The molecule has 3 N–H and O–H groups in total. The minimum absolute atomic E-state index is 0.0575. The van der Waals surface area contributed by atoms with Crippen molar-refractivity contribution in [3.8, 4) is 0 Å². The molecule has 16 heavy (non-hydrogen) atoms. The molecule has 0 aliphatic rings. The van der Waals surface area contributed by atoms with Gasteiger partial charge in [0.2, 0.25) is 9.84 Å². The van der Waals surface area contributed by atoms with Gasteiger partial charge in [-0.25, -0.2) is 8.42 Å². The summed E-state index contributed by atoms with van der Waals surface area (Å²) in [6, 6.07) is 5.53. The van der Waals surface area contributed by atoms with Gasteiger partial charge in [0.25, 0.3) is 0 Å². The van der Waals surface area contributed by atoms with Gasteiger partial charge in [-0.3, -0.25) is 4.79 Å². The zero-order valence-electron chi connectivity index (χ0n) is 8.67. The molecule has 0 saturated carbocycles. The lowest BCUT2D eigenvalue weighted by molar-refractivity contribution is 0.112. The number of aldehydes is 1. The van der Waals surface area contributed by atoms with Gasteiger partial charge in [-0.2, -0.15) is 0 Å². The second-order valence-corrected chi connectivity index (χ2v) is 4.98. The van der Waals surface area contributed by atoms with Crippen LogP contribution in [0.3, 0.4) is 0 Å². The van der Waals surface area contributed by atoms with Gasteiger partial charge >= 0.3 is 0 Å². The molecule has 0 atom stereocenters. The molecule has 0 spiro atoms. The molecule has 5 nitrogen and oxygen atoms in total. The van der Waals surface area contributed by atoms with Crippen molar-refractivity contribution in [2.75, 3.05) is 7.05 Å². The number of rotatable bonds is 4. The number of nitrogens with two attached hydrogens (primary N) is 1. The second-order valence-electron chi connectivity index (χ2n) is 3.03. The van der Waals surface area contributed by atoms with Crippen LogP contribution in [0, 0.1) is 0 Å². The molecule has 1 rings (SSSR count). The van der Waals surface area contributed by atoms with E-state index in [1.165, 1.54) is 30.5 Å². The van der Waals surface area contributed by atoms with E-state index in [0.29, 0.717) is 11.8 Å². The predicted octanol–water partition coefficient (Wildman–Crippen LogP) is 0.250. The van der Waals surface area contributed by atoms with Crippen molar-refractivity contribution in [3.05, 3.63) is 41.1 Å². The van der Waals surface area contributed by atoms with E-state index in [4.69, 9.17) is 5.73 Å². The molecule has 0 radical (unpaired) electrons. The van der Waals surface area contributed by atoms with Crippen LogP contribution in [-0.2, 0) is 9.84 Å². The summed E-state index contributed by atoms with van der Waals surface area (Å²) in [6.45, 7) is 0. The summed E-state index contributed by atoms with van der Waals surface area (Å²) in [5.74, 6) is 0. The fourth-order valence-corrected chi connectivity index (χ4v) is 2.12. The Balaban J connectivity index is 3.17. The third-order valence-electron chi connectivity index (χ3n) is 1.92. The van der Waals surface area contributed by atoms with Crippen molar-refractivity contribution in [2.45, 2.75) is 4.90 Å². The molecular weight excluding hydrogens is 228 g/mol. The summed E-state index contributed by atoms with van der Waals surface area (Å²) >= 11 is 0. The van der Waals surface area contributed by atoms with Gasteiger partial charge < -0.3 is 11.1 Å². The quantitative estimate of drug-likeness (QED) is 0.736. The molecule has 0 saturated heterocycles. The average Bonchev–Trinajstić information content (AvgIpc) is 2.29. The summed E-state index contributed by atoms with van der Waals surface area (Å²) < 4.78 is 23.6. The lowest BCUT2D eigenvalue weighted by atomic mass is 10.2. The first-order valence-corrected chi connectivity index (χ1v) is 5.94. The van der Waals surface area contributed by atoms with E-state index < -0.39 is 9.84 Å². The second kappa shape index (κ2) is 4.80. The van der Waals surface area contributed by atoms with E-state index in [0.717, 1.165) is 0 Å². The number of hydrogen-bond acceptors (Lipinski definition) is 5. The van der Waals surface area contributed by atoms with Crippen LogP contribution < -0.4 is 11.1 Å². The zero-order valence-corrected chi connectivity index (χ0v) is 9.49. The number of carbonyl (C=O) groups is 1. The number of carbonyl (C=O) groups excluding carboxylic acids is 1. The molecule has 0 aliphatic heterocycles. The molecule has 0 heterocycles. The van der Waals surface area contributed by atoms with Crippen LogP contribution in [0.5, 0.6) is 0 Å². The SMILES string of the molecule is CN/C=C(\N)S(=O)(=O)c1ccc(C=O)cc1. The fraction of sp³-hybridized carbons (Fsp3) is 0.100. The van der Waals surface area contributed by atoms with Crippen molar-refractivity contribution in [1.29, 1.82) is 0 Å². The number of nitrogens with one attached hydrogen (secondary N) is 1. The van der Waals surface area contributed by atoms with Crippen molar-refractivity contribution in [1.82, 2.24) is 5.32 Å². The highest BCUT2D eigenvalue weighted by molar-refractivity contribution is 7.95. The van der Waals surface area contributed by atoms with Crippen LogP contribution in [-0.4, -0.2) is 21.8 Å². The maximum atomic E-state index is 11.8. The van der Waals surface area contributed by atoms with Gasteiger partial charge in [0.1, 0.15) is 11.3 Å². The Morgan fingerprint density at radius 2 is 1.88 bits per heavy atom. The standard InChI is InChI=1S/C10H12N2O3S/c1-12-6-10(11)16(14,15)9-4-2-8(7-13)3-5-9/h2-7,12H,11H2,1H3/b10-6+. The Labute approximate surface area is 93.9 Å². The third kappa shape index (κ3) is 2.40. The fourth-order valence-electron chi connectivity index (χ4n) is 1.08. The minimum Gasteiger partial charge on any atom is -0.392 e. The Hall–Kier alpha value is -1.82. The number of sulfone groups is 1. The monoisotopic (exact) mass is 240 g/mol. The Kier molecular flexibility index (Phi) is 3.68. The topological polar surface area (TPSA) is 89.3 Å². The average molecular weight is 240 g/mol. The molecular formula is C10H12N2O3S. The molecule has 0 bridgehead atoms. The first kappa shape index (κ1) is 12.3. The normalized spacial score (nSPS) is 12.2. The highest BCUT2D eigenvalue weighted by Crippen LogP contribution is 2.15. The van der Waals surface area contributed by atoms with E-state index in [1.807, 2.05) is 0 Å². The van der Waals surface area contributed by atoms with Gasteiger partial charge in [0, 0.05) is 18.8 Å². The van der Waals surface area contributed by atoms with Gasteiger partial charge in [-0.15, -0.1) is 0 Å². The summed E-state index contributed by atoms with van der Waals surface area (Å²) in [6.07, 6.45) is 1.84. The largest absolute Gasteiger partial charge is 0.392 e. The zero-order chi connectivity index (χ0) is 12.2. The van der Waals surface area contributed by atoms with Crippen LogP contribution in [0.4, 0.5) is 0 Å². The van der Waals surface area contributed by atoms with Crippen molar-refractivity contribution < 1.29 is 13.2 Å². The minimum atomic E-state index is -3.67. The van der Waals surface area contributed by atoms with Crippen molar-refractivity contribution in [2.24, 2.45) is 5.73 Å². The van der Waals surface area contributed by atoms with Gasteiger partial charge in [0.15, 0.2) is 0 Å². The Bertz CT molecular complexity index is 503. The van der Waals surface area contributed by atoms with Crippen molar-refractivity contribution >= 4 is 16.1 Å². The molecule has 0 unspecified atom stereocenters. The van der Waals surface area contributed by atoms with E-state index in [1.54, 1.807) is 7.05 Å². The highest BCUT2D eigenvalue weighted by Gasteiger charge is 2.17. The highest BCUT2D eigenvalue weighted by atomic mass is 32.2. The third-order valence-corrected chi connectivity index (χ3v) is 3.55. The van der Waals surface area contributed by atoms with E-state index in [9.17, 15) is 13.2 Å². The van der Waals surface area contributed by atoms with Crippen LogP contribution >= 0.6 is 0 Å². The van der Waals surface area contributed by atoms with Crippen LogP contribution in [0.25, 0.3) is 0 Å². The first-order chi connectivity index (χ1) is 7.52. The molecule has 1 aromatic rings. The van der Waals surface area contributed by atoms with E-state index in [2.05, 4.69) is 5.32 Å². The first-order valence-electron chi connectivity index (χ1n) is 4.45. The molecule has 6 heteroatoms. The van der Waals surface area contributed by atoms with Crippen molar-refractivity contribution in [3.63, 3.8) is 0 Å². The van der Waals surface area contributed by atoms with Gasteiger partial charge in [-0.1, -0.05) is 12.1 Å². The molecule has 0 aliphatic carbocycles. The van der Waals surface area contributed by atoms with E-state index >= 15 is 0 Å². The van der Waals surface area contributed by atoms with Gasteiger partial charge in [-0.05, 0) is 12.1 Å². The number of hydrogen-bond donors (Lipinski definition) is 2. The maximum absolute atomic E-state index is 11.8. The van der Waals surface area contributed by atoms with Gasteiger partial charge in [0.05, 0.1) is 4.90 Å². The molecule has 86 valence electrons. The van der Waals surface area contributed by atoms with Crippen LogP contribution in [0.1, 0.15) is 10.4 Å². The molecule has 0 amide bonds. The number of benzene rings is 1. The Morgan fingerprint density at radius 3 is 2.31 bits per heavy atom. The molecule has 0 fully saturated rings. The molecule has 1 aromatic carbocycles. The van der Waals surface area contributed by atoms with Crippen LogP contribution in [0.15, 0.2) is 40.4 Å². The summed E-state index contributed by atoms with van der Waals surface area (Å²) in [5, 5.41) is 2.27. The lowest BCUT2D eigenvalue weighted by Gasteiger charge is -2.04. The Morgan fingerprint density at radius 1 is 1.31 bits per heavy atom. The summed E-state index contributed by atoms with van der Waals surface area (Å²) in [7, 11) is -2.11. The lowest BCUT2D eigenvalue weighted by Crippen LogP contribution is -2.15. The smallest absolute Gasteiger partial charge is 0.222 e. The summed E-state index contributed by atoms with van der Waals surface area (Å²) in [4.78, 5) is 10.5.